The summed E-state index contributed by atoms with van der Waals surface area (Å²) in [5, 5.41) is 6.42. The molecule has 4 aromatic carbocycles. The minimum absolute atomic E-state index is 0.105. The van der Waals surface area contributed by atoms with Crippen LogP contribution in [-0.4, -0.2) is 26.2 Å². The van der Waals surface area contributed by atoms with Crippen LogP contribution in [0.1, 0.15) is 11.1 Å². The lowest BCUT2D eigenvalue weighted by atomic mass is 10.1. The van der Waals surface area contributed by atoms with E-state index in [1.165, 1.54) is 11.8 Å². The zero-order valence-electron chi connectivity index (χ0n) is 20.4. The van der Waals surface area contributed by atoms with Crippen LogP contribution in [0.2, 0.25) is 0 Å². The number of carbonyl (C=O) groups is 1. The van der Waals surface area contributed by atoms with E-state index in [0.717, 1.165) is 44.2 Å². The second-order valence-electron chi connectivity index (χ2n) is 9.14. The van der Waals surface area contributed by atoms with Crippen molar-refractivity contribution in [3.05, 3.63) is 106 Å². The molecule has 2 N–H and O–H groups in total. The summed E-state index contributed by atoms with van der Waals surface area (Å²) < 4.78 is 1.60. The molecule has 0 aliphatic heterocycles. The molecule has 0 fully saturated rings. The highest BCUT2D eigenvalue weighted by Gasteiger charge is 2.19. The Morgan fingerprint density at radius 2 is 1.62 bits per heavy atom. The van der Waals surface area contributed by atoms with Gasteiger partial charge in [-0.1, -0.05) is 72.4 Å². The van der Waals surface area contributed by atoms with E-state index in [1.807, 2.05) is 92.7 Å². The fraction of sp³-hybridized carbons (Fsp3) is 0.100. The van der Waals surface area contributed by atoms with Crippen LogP contribution in [0.25, 0.3) is 38.4 Å². The summed E-state index contributed by atoms with van der Waals surface area (Å²) in [6, 6.07) is 27.5. The van der Waals surface area contributed by atoms with Crippen LogP contribution in [0.4, 0.5) is 5.69 Å². The first-order valence-electron chi connectivity index (χ1n) is 12.0. The van der Waals surface area contributed by atoms with Crippen molar-refractivity contribution < 1.29 is 4.79 Å². The van der Waals surface area contributed by atoms with Crippen LogP contribution in [0.15, 0.2) is 94.9 Å². The number of benzene rings is 4. The molecule has 0 atom stereocenters. The Labute approximate surface area is 217 Å². The number of H-pyrrole nitrogens is 1. The molecule has 0 saturated heterocycles. The predicted molar refractivity (Wildman–Crippen MR) is 152 cm³/mol. The summed E-state index contributed by atoms with van der Waals surface area (Å²) >= 11 is 1.25. The molecule has 182 valence electrons. The number of amides is 1. The Bertz CT molecular complexity index is 1860. The van der Waals surface area contributed by atoms with Gasteiger partial charge in [-0.2, -0.15) is 0 Å². The van der Waals surface area contributed by atoms with E-state index in [9.17, 15) is 9.59 Å². The Morgan fingerprint density at radius 3 is 2.43 bits per heavy atom. The maximum absolute atomic E-state index is 13.8. The van der Waals surface area contributed by atoms with Gasteiger partial charge in [0.25, 0.3) is 5.56 Å². The van der Waals surface area contributed by atoms with Crippen molar-refractivity contribution in [1.82, 2.24) is 14.5 Å². The van der Waals surface area contributed by atoms with Gasteiger partial charge in [0, 0.05) is 22.0 Å². The van der Waals surface area contributed by atoms with Crippen LogP contribution >= 0.6 is 11.8 Å². The molecule has 2 heterocycles. The van der Waals surface area contributed by atoms with Crippen molar-refractivity contribution in [3.8, 4) is 5.69 Å². The van der Waals surface area contributed by atoms with Crippen molar-refractivity contribution in [2.45, 2.75) is 19.0 Å². The summed E-state index contributed by atoms with van der Waals surface area (Å²) in [5.41, 5.74) is 5.30. The number of nitrogens with zero attached hydrogens (tertiary/aromatic N) is 2. The molecule has 6 aromatic rings. The number of nitrogens with one attached hydrogen (secondary N) is 2. The molecule has 7 heteroatoms. The Kier molecular flexibility index (Phi) is 5.77. The third-order valence-corrected chi connectivity index (χ3v) is 7.29. The van der Waals surface area contributed by atoms with Crippen LogP contribution in [0, 0.1) is 13.8 Å². The van der Waals surface area contributed by atoms with Crippen molar-refractivity contribution in [3.63, 3.8) is 0 Å². The van der Waals surface area contributed by atoms with E-state index in [1.54, 1.807) is 4.57 Å². The summed E-state index contributed by atoms with van der Waals surface area (Å²) in [5.74, 6) is -0.0597. The molecule has 0 unspecified atom stereocenters. The second kappa shape index (κ2) is 9.26. The van der Waals surface area contributed by atoms with E-state index < -0.39 is 0 Å². The zero-order chi connectivity index (χ0) is 25.5. The smallest absolute Gasteiger partial charge is 0.283 e. The number of aromatic amines is 1. The second-order valence-corrected chi connectivity index (χ2v) is 10.1. The van der Waals surface area contributed by atoms with Crippen LogP contribution < -0.4 is 10.9 Å². The number of fused-ring (bicyclic) bond motifs is 4. The number of para-hydroxylation sites is 1. The SMILES string of the molecule is Cc1cc(C)cc(-n2c(SCC(=O)Nc3cccc4ccccc34)nc3c([nH]c4ccccc43)c2=O)c1. The fourth-order valence-corrected chi connectivity index (χ4v) is 5.60. The average molecular weight is 505 g/mol. The average Bonchev–Trinajstić information content (AvgIpc) is 3.26. The van der Waals surface area contributed by atoms with Gasteiger partial charge in [-0.05, 0) is 54.6 Å². The van der Waals surface area contributed by atoms with Gasteiger partial charge < -0.3 is 10.3 Å². The highest BCUT2D eigenvalue weighted by atomic mass is 32.2. The topological polar surface area (TPSA) is 79.8 Å². The first kappa shape index (κ1) is 23.1. The van der Waals surface area contributed by atoms with E-state index in [2.05, 4.69) is 16.4 Å². The van der Waals surface area contributed by atoms with Crippen LogP contribution in [-0.2, 0) is 4.79 Å². The highest BCUT2D eigenvalue weighted by molar-refractivity contribution is 7.99. The van der Waals surface area contributed by atoms with Gasteiger partial charge in [0.2, 0.25) is 5.91 Å². The molecule has 0 radical (unpaired) electrons. The zero-order valence-corrected chi connectivity index (χ0v) is 21.2. The van der Waals surface area contributed by atoms with Crippen molar-refractivity contribution >= 4 is 56.1 Å². The quantitative estimate of drug-likeness (QED) is 0.211. The number of anilines is 1. The van der Waals surface area contributed by atoms with Crippen molar-refractivity contribution in [1.29, 1.82) is 0 Å². The molecule has 1 amide bonds. The first-order chi connectivity index (χ1) is 18.0. The predicted octanol–water partition coefficient (Wildman–Crippen LogP) is 6.37. The summed E-state index contributed by atoms with van der Waals surface area (Å²) in [6.07, 6.45) is 0. The lowest BCUT2D eigenvalue weighted by Crippen LogP contribution is -2.23. The van der Waals surface area contributed by atoms with Crippen molar-refractivity contribution in [2.75, 3.05) is 11.1 Å². The summed E-state index contributed by atoms with van der Waals surface area (Å²) in [6.45, 7) is 4.00. The molecular formula is C30H24N4O2S. The molecule has 0 spiro atoms. The third-order valence-electron chi connectivity index (χ3n) is 6.36. The summed E-state index contributed by atoms with van der Waals surface area (Å²) in [7, 11) is 0. The molecular weight excluding hydrogens is 480 g/mol. The van der Waals surface area contributed by atoms with Gasteiger partial charge in [-0.25, -0.2) is 4.98 Å². The lowest BCUT2D eigenvalue weighted by Gasteiger charge is -2.14. The highest BCUT2D eigenvalue weighted by Crippen LogP contribution is 2.28. The molecule has 0 aliphatic carbocycles. The van der Waals surface area contributed by atoms with Gasteiger partial charge in [-0.3, -0.25) is 14.2 Å². The van der Waals surface area contributed by atoms with E-state index in [-0.39, 0.29) is 17.2 Å². The Balaban J connectivity index is 1.41. The van der Waals surface area contributed by atoms with Gasteiger partial charge in [0.15, 0.2) is 5.16 Å². The molecule has 0 aliphatic rings. The summed E-state index contributed by atoms with van der Waals surface area (Å²) in [4.78, 5) is 35.0. The standard InChI is InChI=1S/C30H24N4O2S/c1-18-14-19(2)16-21(15-18)34-29(36)28-27(23-11-5-6-12-25(23)32-28)33-30(34)37-17-26(35)31-24-13-7-9-20-8-3-4-10-22(20)24/h3-16,32H,17H2,1-2H3,(H,31,35). The van der Waals surface area contributed by atoms with Crippen LogP contribution in [0.5, 0.6) is 0 Å². The third kappa shape index (κ3) is 4.27. The minimum atomic E-state index is -0.192. The van der Waals surface area contributed by atoms with Crippen LogP contribution in [0.3, 0.4) is 0 Å². The molecule has 0 bridgehead atoms. The number of hydrogen-bond acceptors (Lipinski definition) is 4. The molecule has 37 heavy (non-hydrogen) atoms. The molecule has 0 saturated carbocycles. The van der Waals surface area contributed by atoms with Gasteiger partial charge in [0.1, 0.15) is 11.0 Å². The van der Waals surface area contributed by atoms with Gasteiger partial charge >= 0.3 is 0 Å². The molecule has 6 nitrogen and oxygen atoms in total. The lowest BCUT2D eigenvalue weighted by molar-refractivity contribution is -0.113. The number of aromatic nitrogens is 3. The minimum Gasteiger partial charge on any atom is -0.349 e. The molecule has 6 rings (SSSR count). The van der Waals surface area contributed by atoms with E-state index in [0.29, 0.717) is 16.2 Å². The number of hydrogen-bond donors (Lipinski definition) is 2. The maximum Gasteiger partial charge on any atom is 0.283 e. The monoisotopic (exact) mass is 504 g/mol. The Hall–Kier alpha value is -4.36. The number of carbonyl (C=O) groups excluding carboxylic acids is 1. The van der Waals surface area contributed by atoms with E-state index >= 15 is 0 Å². The number of aryl methyl sites for hydroxylation is 2. The fourth-order valence-electron chi connectivity index (χ4n) is 4.80. The molecule has 2 aromatic heterocycles. The van der Waals surface area contributed by atoms with Gasteiger partial charge in [0.05, 0.1) is 11.4 Å². The van der Waals surface area contributed by atoms with Crippen molar-refractivity contribution in [2.24, 2.45) is 0 Å². The Morgan fingerprint density at radius 1 is 0.919 bits per heavy atom. The largest absolute Gasteiger partial charge is 0.349 e. The van der Waals surface area contributed by atoms with E-state index in [4.69, 9.17) is 4.98 Å². The first-order valence-corrected chi connectivity index (χ1v) is 13.0. The van der Waals surface area contributed by atoms with Gasteiger partial charge in [-0.15, -0.1) is 0 Å². The normalized spacial score (nSPS) is 11.4. The number of rotatable bonds is 5. The maximum atomic E-state index is 13.8. The number of thioether (sulfide) groups is 1.